The molecule has 3 aromatic rings. The van der Waals surface area contributed by atoms with Crippen LogP contribution in [-0.2, 0) is 0 Å². The van der Waals surface area contributed by atoms with Crippen LogP contribution in [0.5, 0.6) is 5.75 Å². The number of aryl methyl sites for hydroxylation is 1. The topological polar surface area (TPSA) is 80.2 Å². The van der Waals surface area contributed by atoms with Crippen molar-refractivity contribution in [2.75, 3.05) is 25.5 Å². The molecule has 0 unspecified atom stereocenters. The van der Waals surface area contributed by atoms with Gasteiger partial charge in [-0.25, -0.2) is 4.98 Å². The van der Waals surface area contributed by atoms with Crippen molar-refractivity contribution >= 4 is 17.4 Å². The molecule has 7 nitrogen and oxygen atoms in total. The Morgan fingerprint density at radius 3 is 2.73 bits per heavy atom. The van der Waals surface area contributed by atoms with Gasteiger partial charge in [0.25, 0.3) is 5.91 Å². The Bertz CT molecular complexity index is 1020. The molecular formula is C23H25N5O2. The summed E-state index contributed by atoms with van der Waals surface area (Å²) in [4.78, 5) is 27.9. The van der Waals surface area contributed by atoms with Crippen LogP contribution in [0.1, 0.15) is 40.5 Å². The predicted molar refractivity (Wildman–Crippen MR) is 115 cm³/mol. The fourth-order valence-electron chi connectivity index (χ4n) is 3.80. The summed E-state index contributed by atoms with van der Waals surface area (Å²) in [7, 11) is 1.61. The van der Waals surface area contributed by atoms with Crippen LogP contribution >= 0.6 is 0 Å². The first-order valence-electron chi connectivity index (χ1n) is 10.1. The van der Waals surface area contributed by atoms with Gasteiger partial charge in [-0.3, -0.25) is 14.8 Å². The zero-order chi connectivity index (χ0) is 20.9. The Morgan fingerprint density at radius 2 is 2.00 bits per heavy atom. The second-order valence-electron chi connectivity index (χ2n) is 7.44. The quantitative estimate of drug-likeness (QED) is 0.695. The third-order valence-corrected chi connectivity index (χ3v) is 5.33. The zero-order valence-corrected chi connectivity index (χ0v) is 17.2. The van der Waals surface area contributed by atoms with Crippen molar-refractivity contribution in [3.8, 4) is 5.75 Å². The summed E-state index contributed by atoms with van der Waals surface area (Å²) in [5.41, 5.74) is 3.62. The average molecular weight is 403 g/mol. The molecular weight excluding hydrogens is 378 g/mol. The molecule has 30 heavy (non-hydrogen) atoms. The molecule has 2 aromatic heterocycles. The standard InChI is InChI=1S/C23H25N5O2/c1-16-12-19(27-22-15-24-8-9-25-22)14-21(26-16)17-6-10-28(11-7-17)23(29)18-4-3-5-20(13-18)30-2/h3-5,8-9,12-15,17H,6-7,10-11H2,1-2H3,(H,25,26,27). The third-order valence-electron chi connectivity index (χ3n) is 5.33. The minimum atomic E-state index is 0.0505. The molecule has 1 saturated heterocycles. The fourth-order valence-corrected chi connectivity index (χ4v) is 3.80. The van der Waals surface area contributed by atoms with Gasteiger partial charge in [-0.1, -0.05) is 6.07 Å². The van der Waals surface area contributed by atoms with Gasteiger partial charge in [0.1, 0.15) is 11.6 Å². The van der Waals surface area contributed by atoms with Crippen LogP contribution in [-0.4, -0.2) is 46.0 Å². The first kappa shape index (κ1) is 19.8. The summed E-state index contributed by atoms with van der Waals surface area (Å²) in [6.45, 7) is 3.42. The van der Waals surface area contributed by atoms with Crippen molar-refractivity contribution in [3.05, 3.63) is 71.9 Å². The van der Waals surface area contributed by atoms with Gasteiger partial charge in [0.15, 0.2) is 0 Å². The number of nitrogens with zero attached hydrogens (tertiary/aromatic N) is 4. The molecule has 1 aromatic carbocycles. The Hall–Kier alpha value is -3.48. The van der Waals surface area contributed by atoms with Gasteiger partial charge in [-0.05, 0) is 50.1 Å². The summed E-state index contributed by atoms with van der Waals surface area (Å²) in [5.74, 6) is 1.77. The smallest absolute Gasteiger partial charge is 0.253 e. The van der Waals surface area contributed by atoms with Crippen molar-refractivity contribution in [1.29, 1.82) is 0 Å². The summed E-state index contributed by atoms with van der Waals surface area (Å²) in [6, 6.07) is 11.4. The Morgan fingerprint density at radius 1 is 1.17 bits per heavy atom. The normalized spacial score (nSPS) is 14.4. The number of nitrogens with one attached hydrogen (secondary N) is 1. The number of anilines is 2. The van der Waals surface area contributed by atoms with E-state index in [9.17, 15) is 4.79 Å². The number of methoxy groups -OCH3 is 1. The van der Waals surface area contributed by atoms with Gasteiger partial charge < -0.3 is 15.0 Å². The van der Waals surface area contributed by atoms with Crippen LogP contribution in [0, 0.1) is 6.92 Å². The van der Waals surface area contributed by atoms with E-state index in [0.29, 0.717) is 36.1 Å². The number of aromatic nitrogens is 3. The molecule has 0 spiro atoms. The molecule has 0 aliphatic carbocycles. The van der Waals surface area contributed by atoms with Crippen LogP contribution in [0.2, 0.25) is 0 Å². The molecule has 1 amide bonds. The van der Waals surface area contributed by atoms with Crippen molar-refractivity contribution in [1.82, 2.24) is 19.9 Å². The van der Waals surface area contributed by atoms with Gasteiger partial charge >= 0.3 is 0 Å². The zero-order valence-electron chi connectivity index (χ0n) is 17.2. The highest BCUT2D eigenvalue weighted by molar-refractivity contribution is 5.94. The lowest BCUT2D eigenvalue weighted by Gasteiger charge is -2.32. The summed E-state index contributed by atoms with van der Waals surface area (Å²) >= 11 is 0. The second kappa shape index (κ2) is 8.90. The Labute approximate surface area is 176 Å². The number of amides is 1. The average Bonchev–Trinajstić information content (AvgIpc) is 2.79. The molecule has 1 aliphatic rings. The van der Waals surface area contributed by atoms with E-state index in [4.69, 9.17) is 9.72 Å². The van der Waals surface area contributed by atoms with E-state index in [2.05, 4.69) is 21.4 Å². The van der Waals surface area contributed by atoms with E-state index in [1.165, 1.54) is 0 Å². The number of pyridine rings is 1. The molecule has 0 atom stereocenters. The van der Waals surface area contributed by atoms with Crippen LogP contribution < -0.4 is 10.1 Å². The predicted octanol–water partition coefficient (Wildman–Crippen LogP) is 3.95. The SMILES string of the molecule is COc1cccc(C(=O)N2CCC(c3cc(Nc4cnccn4)cc(C)n3)CC2)c1. The minimum Gasteiger partial charge on any atom is -0.497 e. The second-order valence-corrected chi connectivity index (χ2v) is 7.44. The van der Waals surface area contributed by atoms with E-state index in [1.807, 2.05) is 36.1 Å². The largest absolute Gasteiger partial charge is 0.497 e. The van der Waals surface area contributed by atoms with E-state index >= 15 is 0 Å². The number of hydrogen-bond donors (Lipinski definition) is 1. The summed E-state index contributed by atoms with van der Waals surface area (Å²) < 4.78 is 5.24. The number of ether oxygens (including phenoxy) is 1. The van der Waals surface area contributed by atoms with Crippen LogP contribution in [0.15, 0.2) is 55.0 Å². The molecule has 4 rings (SSSR count). The van der Waals surface area contributed by atoms with Gasteiger partial charge in [0.2, 0.25) is 0 Å². The monoisotopic (exact) mass is 403 g/mol. The van der Waals surface area contributed by atoms with E-state index in [-0.39, 0.29) is 5.91 Å². The van der Waals surface area contributed by atoms with Crippen molar-refractivity contribution in [3.63, 3.8) is 0 Å². The highest BCUT2D eigenvalue weighted by Gasteiger charge is 2.26. The maximum Gasteiger partial charge on any atom is 0.253 e. The van der Waals surface area contributed by atoms with Gasteiger partial charge in [-0.2, -0.15) is 0 Å². The van der Waals surface area contributed by atoms with Gasteiger partial charge in [0.05, 0.1) is 13.3 Å². The fraction of sp³-hybridized carbons (Fsp3) is 0.304. The number of carbonyl (C=O) groups is 1. The van der Waals surface area contributed by atoms with E-state index < -0.39 is 0 Å². The minimum absolute atomic E-state index is 0.0505. The molecule has 0 bridgehead atoms. The number of hydrogen-bond acceptors (Lipinski definition) is 6. The molecule has 1 fully saturated rings. The van der Waals surface area contributed by atoms with Crippen molar-refractivity contribution in [2.45, 2.75) is 25.7 Å². The maximum absolute atomic E-state index is 12.9. The molecule has 154 valence electrons. The third kappa shape index (κ3) is 4.56. The first-order valence-corrected chi connectivity index (χ1v) is 10.1. The highest BCUT2D eigenvalue weighted by Crippen LogP contribution is 2.30. The molecule has 1 N–H and O–H groups in total. The van der Waals surface area contributed by atoms with Crippen LogP contribution in [0.25, 0.3) is 0 Å². The van der Waals surface area contributed by atoms with Crippen molar-refractivity contribution < 1.29 is 9.53 Å². The Balaban J connectivity index is 1.43. The molecule has 0 radical (unpaired) electrons. The van der Waals surface area contributed by atoms with E-state index in [1.54, 1.807) is 31.8 Å². The first-order chi connectivity index (χ1) is 14.6. The lowest BCUT2D eigenvalue weighted by Crippen LogP contribution is -2.38. The summed E-state index contributed by atoms with van der Waals surface area (Å²) in [6.07, 6.45) is 6.77. The molecule has 7 heteroatoms. The Kier molecular flexibility index (Phi) is 5.88. The number of rotatable bonds is 5. The lowest BCUT2D eigenvalue weighted by atomic mass is 9.92. The van der Waals surface area contributed by atoms with E-state index in [0.717, 1.165) is 29.9 Å². The maximum atomic E-state index is 12.9. The number of piperidine rings is 1. The summed E-state index contributed by atoms with van der Waals surface area (Å²) in [5, 5.41) is 3.29. The number of benzene rings is 1. The number of carbonyl (C=O) groups excluding carboxylic acids is 1. The van der Waals surface area contributed by atoms with Crippen molar-refractivity contribution in [2.24, 2.45) is 0 Å². The molecule has 1 aliphatic heterocycles. The van der Waals surface area contributed by atoms with Gasteiger partial charge in [0, 0.05) is 54.0 Å². The highest BCUT2D eigenvalue weighted by atomic mass is 16.5. The van der Waals surface area contributed by atoms with Crippen LogP contribution in [0.3, 0.4) is 0 Å². The lowest BCUT2D eigenvalue weighted by molar-refractivity contribution is 0.0711. The molecule has 0 saturated carbocycles. The van der Waals surface area contributed by atoms with Gasteiger partial charge in [-0.15, -0.1) is 0 Å². The number of likely N-dealkylation sites (tertiary alicyclic amines) is 1. The van der Waals surface area contributed by atoms with Crippen LogP contribution in [0.4, 0.5) is 11.5 Å². The molecule has 3 heterocycles.